The summed E-state index contributed by atoms with van der Waals surface area (Å²) in [7, 11) is 0. The molecule has 0 aromatic heterocycles. The van der Waals surface area contributed by atoms with E-state index < -0.39 is 0 Å². The second-order valence-electron chi connectivity index (χ2n) is 6.22. The van der Waals surface area contributed by atoms with Crippen LogP contribution in [0.4, 0.5) is 0 Å². The highest BCUT2D eigenvalue weighted by Gasteiger charge is 2.44. The van der Waals surface area contributed by atoms with Crippen LogP contribution in [0.3, 0.4) is 0 Å². The fourth-order valence-electron chi connectivity index (χ4n) is 3.11. The Morgan fingerprint density at radius 2 is 1.82 bits per heavy atom. The molecule has 112 valence electrons. The average molecular weight is 294 g/mol. The van der Waals surface area contributed by atoms with Crippen molar-refractivity contribution in [1.29, 1.82) is 0 Å². The Balaban J connectivity index is 1.54. The first kappa shape index (κ1) is 13.4. The van der Waals surface area contributed by atoms with Crippen LogP contribution in [-0.4, -0.2) is 12.6 Å². The summed E-state index contributed by atoms with van der Waals surface area (Å²) in [6, 6.07) is 12.0. The Hall–Kier alpha value is -2.29. The summed E-state index contributed by atoms with van der Waals surface area (Å²) in [6.07, 6.45) is 0.922. The molecule has 0 radical (unpaired) electrons. The fourth-order valence-corrected chi connectivity index (χ4v) is 3.11. The van der Waals surface area contributed by atoms with Crippen LogP contribution in [0.15, 0.2) is 36.4 Å². The second kappa shape index (κ2) is 4.87. The van der Waals surface area contributed by atoms with Crippen molar-refractivity contribution in [1.82, 2.24) is 0 Å². The number of ether oxygens (including phenoxy) is 2. The zero-order chi connectivity index (χ0) is 15.3. The van der Waals surface area contributed by atoms with Crippen molar-refractivity contribution in [3.05, 3.63) is 58.7 Å². The van der Waals surface area contributed by atoms with Gasteiger partial charge in [0.2, 0.25) is 6.79 Å². The molecule has 2 atom stereocenters. The summed E-state index contributed by atoms with van der Waals surface area (Å²) in [5.74, 6) is 2.25. The molecule has 0 bridgehead atoms. The molecule has 1 saturated carbocycles. The van der Waals surface area contributed by atoms with E-state index in [1.807, 2.05) is 43.3 Å². The molecule has 3 heteroatoms. The van der Waals surface area contributed by atoms with E-state index in [1.165, 1.54) is 16.7 Å². The maximum atomic E-state index is 12.6. The second-order valence-corrected chi connectivity index (χ2v) is 6.22. The summed E-state index contributed by atoms with van der Waals surface area (Å²) in [5, 5.41) is 0. The lowest BCUT2D eigenvalue weighted by molar-refractivity contribution is 0.0965. The fraction of sp³-hybridized carbons (Fsp3) is 0.316. The lowest BCUT2D eigenvalue weighted by Gasteiger charge is -2.05. The van der Waals surface area contributed by atoms with Gasteiger partial charge >= 0.3 is 0 Å². The van der Waals surface area contributed by atoms with E-state index in [9.17, 15) is 4.79 Å². The van der Waals surface area contributed by atoms with E-state index in [-0.39, 0.29) is 18.5 Å². The molecule has 3 nitrogen and oxygen atoms in total. The number of ketones is 1. The van der Waals surface area contributed by atoms with Gasteiger partial charge in [0, 0.05) is 11.5 Å². The Kier molecular flexibility index (Phi) is 2.96. The van der Waals surface area contributed by atoms with Crippen LogP contribution in [0.5, 0.6) is 11.5 Å². The first-order chi connectivity index (χ1) is 10.6. The minimum Gasteiger partial charge on any atom is -0.454 e. The van der Waals surface area contributed by atoms with Crippen LogP contribution >= 0.6 is 0 Å². The van der Waals surface area contributed by atoms with Gasteiger partial charge < -0.3 is 9.47 Å². The third kappa shape index (κ3) is 2.17. The minimum absolute atomic E-state index is 0.0995. The standard InChI is InChI=1S/C19H18O3/c1-11-3-4-14(7-12(11)2)19(20)16-9-15(16)13-5-6-17-18(8-13)22-10-21-17/h3-8,15-16H,9-10H2,1-2H3. The van der Waals surface area contributed by atoms with Crippen molar-refractivity contribution in [2.45, 2.75) is 26.2 Å². The molecular formula is C19H18O3. The molecule has 2 aliphatic rings. The number of Topliss-reactive ketones (excluding diaryl/α,β-unsaturated/α-hetero) is 1. The van der Waals surface area contributed by atoms with Crippen LogP contribution < -0.4 is 9.47 Å². The third-order valence-electron chi connectivity index (χ3n) is 4.74. The molecule has 0 amide bonds. The Bertz CT molecular complexity index is 763. The van der Waals surface area contributed by atoms with Gasteiger partial charge in [0.1, 0.15) is 0 Å². The predicted molar refractivity (Wildman–Crippen MR) is 83.7 cm³/mol. The van der Waals surface area contributed by atoms with Crippen molar-refractivity contribution in [3.63, 3.8) is 0 Å². The molecule has 1 heterocycles. The normalized spacial score (nSPS) is 21.7. The first-order valence-electron chi connectivity index (χ1n) is 7.64. The molecule has 2 aromatic rings. The highest BCUT2D eigenvalue weighted by molar-refractivity contribution is 6.00. The van der Waals surface area contributed by atoms with E-state index in [0.717, 1.165) is 23.5 Å². The summed E-state index contributed by atoms with van der Waals surface area (Å²) < 4.78 is 10.8. The first-order valence-corrected chi connectivity index (χ1v) is 7.64. The van der Waals surface area contributed by atoms with Crippen LogP contribution in [0.1, 0.15) is 39.4 Å². The van der Waals surface area contributed by atoms with Crippen LogP contribution in [-0.2, 0) is 0 Å². The van der Waals surface area contributed by atoms with Gasteiger partial charge in [0.05, 0.1) is 0 Å². The number of rotatable bonds is 3. The maximum absolute atomic E-state index is 12.6. The summed E-state index contributed by atoms with van der Waals surface area (Å²) in [4.78, 5) is 12.6. The Labute approximate surface area is 129 Å². The van der Waals surface area contributed by atoms with Crippen molar-refractivity contribution in [2.24, 2.45) is 5.92 Å². The summed E-state index contributed by atoms with van der Waals surface area (Å²) in [5.41, 5.74) is 4.40. The molecule has 2 aromatic carbocycles. The number of benzene rings is 2. The number of hydrogen-bond acceptors (Lipinski definition) is 3. The SMILES string of the molecule is Cc1ccc(C(=O)C2CC2c2ccc3c(c2)OCO3)cc1C. The smallest absolute Gasteiger partial charge is 0.231 e. The monoisotopic (exact) mass is 294 g/mol. The quantitative estimate of drug-likeness (QED) is 0.802. The lowest BCUT2D eigenvalue weighted by atomic mass is 9.99. The van der Waals surface area contributed by atoms with Crippen molar-refractivity contribution >= 4 is 5.78 Å². The number of carbonyl (C=O) groups is 1. The maximum Gasteiger partial charge on any atom is 0.231 e. The highest BCUT2D eigenvalue weighted by Crippen LogP contribution is 2.51. The van der Waals surface area contributed by atoms with Gasteiger partial charge in [0.25, 0.3) is 0 Å². The lowest BCUT2D eigenvalue weighted by Crippen LogP contribution is -2.04. The zero-order valence-corrected chi connectivity index (χ0v) is 12.8. The van der Waals surface area contributed by atoms with Gasteiger partial charge in [-0.25, -0.2) is 0 Å². The van der Waals surface area contributed by atoms with Crippen molar-refractivity contribution < 1.29 is 14.3 Å². The van der Waals surface area contributed by atoms with E-state index in [1.54, 1.807) is 0 Å². The van der Waals surface area contributed by atoms with Gasteiger partial charge in [-0.2, -0.15) is 0 Å². The third-order valence-corrected chi connectivity index (χ3v) is 4.74. The van der Waals surface area contributed by atoms with Gasteiger partial charge in [0.15, 0.2) is 17.3 Å². The molecule has 1 aliphatic heterocycles. The zero-order valence-electron chi connectivity index (χ0n) is 12.8. The molecule has 2 unspecified atom stereocenters. The number of hydrogen-bond donors (Lipinski definition) is 0. The molecular weight excluding hydrogens is 276 g/mol. The Morgan fingerprint density at radius 3 is 2.64 bits per heavy atom. The predicted octanol–water partition coefficient (Wildman–Crippen LogP) is 4.02. The highest BCUT2D eigenvalue weighted by atomic mass is 16.7. The van der Waals surface area contributed by atoms with E-state index >= 15 is 0 Å². The summed E-state index contributed by atoms with van der Waals surface area (Å²) in [6.45, 7) is 4.40. The number of fused-ring (bicyclic) bond motifs is 1. The number of carbonyl (C=O) groups excluding carboxylic acids is 1. The van der Waals surface area contributed by atoms with Gasteiger partial charge in [-0.1, -0.05) is 18.2 Å². The van der Waals surface area contributed by atoms with Gasteiger partial charge in [-0.15, -0.1) is 0 Å². The van der Waals surface area contributed by atoms with Crippen LogP contribution in [0.2, 0.25) is 0 Å². The van der Waals surface area contributed by atoms with E-state index in [0.29, 0.717) is 5.92 Å². The molecule has 0 N–H and O–H groups in total. The molecule has 1 fully saturated rings. The molecule has 0 spiro atoms. The van der Waals surface area contributed by atoms with Crippen molar-refractivity contribution in [2.75, 3.05) is 6.79 Å². The topological polar surface area (TPSA) is 35.5 Å². The van der Waals surface area contributed by atoms with Crippen LogP contribution in [0.25, 0.3) is 0 Å². The molecule has 22 heavy (non-hydrogen) atoms. The van der Waals surface area contributed by atoms with Crippen molar-refractivity contribution in [3.8, 4) is 11.5 Å². The average Bonchev–Trinajstić information content (AvgIpc) is 3.18. The van der Waals surface area contributed by atoms with E-state index in [2.05, 4.69) is 6.92 Å². The molecule has 0 saturated heterocycles. The number of aryl methyl sites for hydroxylation is 2. The largest absolute Gasteiger partial charge is 0.454 e. The molecule has 4 rings (SSSR count). The molecule has 1 aliphatic carbocycles. The van der Waals surface area contributed by atoms with Crippen LogP contribution in [0, 0.1) is 19.8 Å². The van der Waals surface area contributed by atoms with Gasteiger partial charge in [-0.05, 0) is 61.1 Å². The Morgan fingerprint density at radius 1 is 1.00 bits per heavy atom. The van der Waals surface area contributed by atoms with Gasteiger partial charge in [-0.3, -0.25) is 4.79 Å². The van der Waals surface area contributed by atoms with E-state index in [4.69, 9.17) is 9.47 Å². The minimum atomic E-state index is 0.0995. The summed E-state index contributed by atoms with van der Waals surface area (Å²) >= 11 is 0.